The van der Waals surface area contributed by atoms with Gasteiger partial charge in [-0.25, -0.2) is 13.6 Å². The highest BCUT2D eigenvalue weighted by molar-refractivity contribution is 7.89. The van der Waals surface area contributed by atoms with Crippen molar-refractivity contribution in [2.75, 3.05) is 10.6 Å². The lowest BCUT2D eigenvalue weighted by Gasteiger charge is -2.24. The van der Waals surface area contributed by atoms with E-state index in [0.29, 0.717) is 22.6 Å². The van der Waals surface area contributed by atoms with Gasteiger partial charge in [0.1, 0.15) is 0 Å². The molecule has 3 aromatic rings. The van der Waals surface area contributed by atoms with Crippen LogP contribution >= 0.6 is 0 Å². The summed E-state index contributed by atoms with van der Waals surface area (Å²) in [7, 11) is -3.82. The van der Waals surface area contributed by atoms with E-state index >= 15 is 0 Å². The number of hydrogen-bond acceptors (Lipinski definition) is 4. The van der Waals surface area contributed by atoms with Gasteiger partial charge in [0.25, 0.3) is 5.91 Å². The summed E-state index contributed by atoms with van der Waals surface area (Å²) in [6.45, 7) is 0. The van der Waals surface area contributed by atoms with Crippen LogP contribution in [0.2, 0.25) is 0 Å². The van der Waals surface area contributed by atoms with Gasteiger partial charge >= 0.3 is 0 Å². The van der Waals surface area contributed by atoms with E-state index in [2.05, 4.69) is 0 Å². The van der Waals surface area contributed by atoms with Crippen LogP contribution in [0, 0.1) is 0 Å². The number of nitrogen functional groups attached to an aromatic ring is 1. The number of carbonyl (C=O) groups excluding carboxylic acids is 1. The van der Waals surface area contributed by atoms with E-state index in [1.54, 1.807) is 48.5 Å². The number of nitrogens with zero attached hydrogens (tertiary/aromatic N) is 1. The number of carbonyl (C=O) groups is 1. The predicted octanol–water partition coefficient (Wildman–Crippen LogP) is 2.89. The summed E-state index contributed by atoms with van der Waals surface area (Å²) in [6.07, 6.45) is 0. The van der Waals surface area contributed by atoms with E-state index in [1.807, 2.05) is 6.07 Å². The molecule has 0 saturated carbocycles. The molecule has 132 valence electrons. The van der Waals surface area contributed by atoms with E-state index in [1.165, 1.54) is 29.2 Å². The lowest BCUT2D eigenvalue weighted by Crippen LogP contribution is -2.26. The van der Waals surface area contributed by atoms with Crippen molar-refractivity contribution in [3.8, 4) is 0 Å². The van der Waals surface area contributed by atoms with Gasteiger partial charge in [0, 0.05) is 11.3 Å². The highest BCUT2D eigenvalue weighted by atomic mass is 32.2. The van der Waals surface area contributed by atoms with Crippen molar-refractivity contribution < 1.29 is 13.2 Å². The number of benzene rings is 3. The minimum Gasteiger partial charge on any atom is -0.397 e. The maximum atomic E-state index is 13.1. The quantitative estimate of drug-likeness (QED) is 0.691. The van der Waals surface area contributed by atoms with Crippen LogP contribution in [0.5, 0.6) is 0 Å². The molecule has 0 fully saturated rings. The molecule has 0 aromatic heterocycles. The van der Waals surface area contributed by atoms with Gasteiger partial charge in [-0.3, -0.25) is 9.69 Å². The zero-order valence-corrected chi connectivity index (χ0v) is 14.6. The first-order valence-electron chi connectivity index (χ1n) is 7.75. The van der Waals surface area contributed by atoms with Crippen molar-refractivity contribution in [2.45, 2.75) is 4.90 Å². The second kappa shape index (κ2) is 6.99. The van der Waals surface area contributed by atoms with Gasteiger partial charge < -0.3 is 5.73 Å². The largest absolute Gasteiger partial charge is 0.397 e. The maximum Gasteiger partial charge on any atom is 0.262 e. The number of sulfonamides is 1. The number of rotatable bonds is 4. The molecule has 0 bridgehead atoms. The van der Waals surface area contributed by atoms with Gasteiger partial charge in [0.15, 0.2) is 0 Å². The van der Waals surface area contributed by atoms with E-state index < -0.39 is 10.0 Å². The highest BCUT2D eigenvalue weighted by Crippen LogP contribution is 2.32. The summed E-state index contributed by atoms with van der Waals surface area (Å²) < 4.78 is 22.9. The molecular formula is C19H17N3O3S. The molecule has 0 aliphatic rings. The highest BCUT2D eigenvalue weighted by Gasteiger charge is 2.22. The Morgan fingerprint density at radius 1 is 0.808 bits per heavy atom. The zero-order chi connectivity index (χ0) is 18.7. The molecule has 3 aromatic carbocycles. The van der Waals surface area contributed by atoms with Crippen molar-refractivity contribution in [2.24, 2.45) is 5.14 Å². The third-order valence-corrected chi connectivity index (χ3v) is 4.75. The topological polar surface area (TPSA) is 106 Å². The van der Waals surface area contributed by atoms with Gasteiger partial charge in [0.2, 0.25) is 10.0 Å². The first-order valence-corrected chi connectivity index (χ1v) is 9.29. The molecule has 0 spiro atoms. The van der Waals surface area contributed by atoms with Crippen molar-refractivity contribution in [3.63, 3.8) is 0 Å². The average Bonchev–Trinajstić information content (AvgIpc) is 2.64. The Kier molecular flexibility index (Phi) is 4.75. The Morgan fingerprint density at radius 2 is 1.38 bits per heavy atom. The molecule has 0 unspecified atom stereocenters. The SMILES string of the molecule is Nc1ccccc1N(C(=O)c1ccccc1)c1ccc(S(N)(=O)=O)cc1. The van der Waals surface area contributed by atoms with Crippen LogP contribution in [-0.2, 0) is 10.0 Å². The molecule has 0 radical (unpaired) electrons. The second-order valence-corrected chi connectivity index (χ2v) is 7.17. The normalized spacial score (nSPS) is 11.1. The van der Waals surface area contributed by atoms with E-state index in [4.69, 9.17) is 10.9 Å². The molecule has 0 aliphatic carbocycles. The minimum absolute atomic E-state index is 0.0330. The lowest BCUT2D eigenvalue weighted by molar-refractivity contribution is 0.0999. The van der Waals surface area contributed by atoms with Gasteiger partial charge in [-0.05, 0) is 48.5 Å². The van der Waals surface area contributed by atoms with Crippen LogP contribution in [0.1, 0.15) is 10.4 Å². The zero-order valence-electron chi connectivity index (χ0n) is 13.7. The third-order valence-electron chi connectivity index (χ3n) is 3.82. The molecule has 0 aliphatic heterocycles. The fraction of sp³-hybridized carbons (Fsp3) is 0. The maximum absolute atomic E-state index is 13.1. The fourth-order valence-corrected chi connectivity index (χ4v) is 3.07. The molecule has 26 heavy (non-hydrogen) atoms. The van der Waals surface area contributed by atoms with E-state index in [-0.39, 0.29) is 10.8 Å². The summed E-state index contributed by atoms with van der Waals surface area (Å²) in [5.41, 5.74) is 7.95. The lowest BCUT2D eigenvalue weighted by atomic mass is 10.1. The number of amides is 1. The minimum atomic E-state index is -3.82. The van der Waals surface area contributed by atoms with Crippen LogP contribution in [-0.4, -0.2) is 14.3 Å². The molecule has 0 heterocycles. The van der Waals surface area contributed by atoms with Gasteiger partial charge in [-0.2, -0.15) is 0 Å². The number of anilines is 3. The van der Waals surface area contributed by atoms with Crippen LogP contribution in [0.15, 0.2) is 83.8 Å². The molecule has 0 saturated heterocycles. The second-order valence-electron chi connectivity index (χ2n) is 5.60. The smallest absolute Gasteiger partial charge is 0.262 e. The summed E-state index contributed by atoms with van der Waals surface area (Å²) in [6, 6.07) is 21.5. The third kappa shape index (κ3) is 3.58. The molecular weight excluding hydrogens is 350 g/mol. The molecule has 3 rings (SSSR count). The number of hydrogen-bond donors (Lipinski definition) is 2. The van der Waals surface area contributed by atoms with Crippen LogP contribution in [0.3, 0.4) is 0 Å². The van der Waals surface area contributed by atoms with E-state index in [9.17, 15) is 13.2 Å². The van der Waals surface area contributed by atoms with Crippen LogP contribution < -0.4 is 15.8 Å². The summed E-state index contributed by atoms with van der Waals surface area (Å²) in [4.78, 5) is 14.5. The number of nitrogens with two attached hydrogens (primary N) is 2. The van der Waals surface area contributed by atoms with Crippen LogP contribution in [0.25, 0.3) is 0 Å². The summed E-state index contributed by atoms with van der Waals surface area (Å²) in [5, 5.41) is 5.14. The number of para-hydroxylation sites is 2. The number of primary sulfonamides is 1. The Hall–Kier alpha value is -3.16. The van der Waals surface area contributed by atoms with Gasteiger partial charge in [-0.15, -0.1) is 0 Å². The standard InChI is InChI=1S/C19H17N3O3S/c20-17-8-4-5-9-18(17)22(19(23)14-6-2-1-3-7-14)15-10-12-16(13-11-15)26(21,24)25/h1-13H,20H2,(H2,21,24,25). The Morgan fingerprint density at radius 3 is 1.96 bits per heavy atom. The van der Waals surface area contributed by atoms with Crippen molar-refractivity contribution in [3.05, 3.63) is 84.4 Å². The first kappa shape index (κ1) is 17.7. The Labute approximate surface area is 151 Å². The van der Waals surface area contributed by atoms with Gasteiger partial charge in [-0.1, -0.05) is 30.3 Å². The fourth-order valence-electron chi connectivity index (χ4n) is 2.55. The van der Waals surface area contributed by atoms with E-state index in [0.717, 1.165) is 0 Å². The van der Waals surface area contributed by atoms with Crippen LogP contribution in [0.4, 0.5) is 17.1 Å². The predicted molar refractivity (Wildman–Crippen MR) is 102 cm³/mol. The molecule has 4 N–H and O–H groups in total. The Balaban J connectivity index is 2.12. The molecule has 0 atom stereocenters. The van der Waals surface area contributed by atoms with Crippen molar-refractivity contribution in [1.29, 1.82) is 0 Å². The average molecular weight is 367 g/mol. The molecule has 7 heteroatoms. The Bertz CT molecular complexity index is 1030. The van der Waals surface area contributed by atoms with Crippen molar-refractivity contribution >= 4 is 33.0 Å². The summed E-state index contributed by atoms with van der Waals surface area (Å²) in [5.74, 6) is -0.285. The van der Waals surface area contributed by atoms with Gasteiger partial charge in [0.05, 0.1) is 16.3 Å². The molecule has 6 nitrogen and oxygen atoms in total. The monoisotopic (exact) mass is 367 g/mol. The summed E-state index contributed by atoms with van der Waals surface area (Å²) >= 11 is 0. The first-order chi connectivity index (χ1) is 12.4. The van der Waals surface area contributed by atoms with Crippen molar-refractivity contribution in [1.82, 2.24) is 0 Å². The molecule has 1 amide bonds.